The standard InChI is InChI=1S/C18H10Cl2O2/c19-13-7-12(8-14(20)10-13)11-5-6-17-18(9-11)22-16-4-2-1-3-15(16)21-17/h1-10H. The maximum Gasteiger partial charge on any atom is 0.170 e. The van der Waals surface area contributed by atoms with E-state index in [1.807, 2.05) is 54.6 Å². The molecule has 0 saturated carbocycles. The molecule has 0 bridgehead atoms. The van der Waals surface area contributed by atoms with Crippen molar-refractivity contribution in [2.75, 3.05) is 0 Å². The zero-order valence-electron chi connectivity index (χ0n) is 11.3. The highest BCUT2D eigenvalue weighted by atomic mass is 35.5. The van der Waals surface area contributed by atoms with Crippen LogP contribution in [0.5, 0.6) is 23.0 Å². The second kappa shape index (κ2) is 5.24. The number of para-hydroxylation sites is 2. The van der Waals surface area contributed by atoms with Gasteiger partial charge in [-0.3, -0.25) is 0 Å². The molecule has 1 heterocycles. The molecule has 4 rings (SSSR count). The van der Waals surface area contributed by atoms with E-state index in [1.165, 1.54) is 0 Å². The average Bonchev–Trinajstić information content (AvgIpc) is 2.51. The van der Waals surface area contributed by atoms with Gasteiger partial charge in [0.15, 0.2) is 23.0 Å². The first-order valence-electron chi connectivity index (χ1n) is 6.74. The average molecular weight is 329 g/mol. The molecule has 0 aliphatic carbocycles. The van der Waals surface area contributed by atoms with Gasteiger partial charge >= 0.3 is 0 Å². The molecule has 108 valence electrons. The molecular weight excluding hydrogens is 319 g/mol. The van der Waals surface area contributed by atoms with Gasteiger partial charge in [-0.25, -0.2) is 0 Å². The fraction of sp³-hybridized carbons (Fsp3) is 0. The quantitative estimate of drug-likeness (QED) is 0.394. The summed E-state index contributed by atoms with van der Waals surface area (Å²) in [5.41, 5.74) is 1.90. The number of rotatable bonds is 1. The third-order valence-electron chi connectivity index (χ3n) is 3.43. The van der Waals surface area contributed by atoms with Gasteiger partial charge in [0.25, 0.3) is 0 Å². The van der Waals surface area contributed by atoms with Crippen LogP contribution in [-0.4, -0.2) is 0 Å². The Bertz CT molecular complexity index is 854. The van der Waals surface area contributed by atoms with Crippen LogP contribution in [0.15, 0.2) is 60.7 Å². The van der Waals surface area contributed by atoms with Crippen molar-refractivity contribution in [2.24, 2.45) is 0 Å². The first-order chi connectivity index (χ1) is 10.7. The molecule has 0 unspecified atom stereocenters. The first kappa shape index (κ1) is 13.5. The van der Waals surface area contributed by atoms with E-state index < -0.39 is 0 Å². The highest BCUT2D eigenvalue weighted by Crippen LogP contribution is 2.46. The summed E-state index contributed by atoms with van der Waals surface area (Å²) in [5, 5.41) is 1.20. The van der Waals surface area contributed by atoms with Crippen LogP contribution in [0.2, 0.25) is 10.0 Å². The van der Waals surface area contributed by atoms with Crippen molar-refractivity contribution < 1.29 is 9.47 Å². The summed E-state index contributed by atoms with van der Waals surface area (Å²) >= 11 is 12.1. The van der Waals surface area contributed by atoms with Crippen molar-refractivity contribution in [3.63, 3.8) is 0 Å². The molecule has 3 aromatic carbocycles. The summed E-state index contributed by atoms with van der Waals surface area (Å²) < 4.78 is 11.7. The smallest absolute Gasteiger partial charge is 0.170 e. The molecule has 0 fully saturated rings. The van der Waals surface area contributed by atoms with Crippen LogP contribution in [0.25, 0.3) is 11.1 Å². The first-order valence-corrected chi connectivity index (χ1v) is 7.50. The van der Waals surface area contributed by atoms with Crippen LogP contribution in [0.3, 0.4) is 0 Å². The third kappa shape index (κ3) is 2.41. The number of hydrogen-bond donors (Lipinski definition) is 0. The van der Waals surface area contributed by atoms with E-state index >= 15 is 0 Å². The Hall–Kier alpha value is -2.16. The lowest BCUT2D eigenvalue weighted by Gasteiger charge is -2.21. The Morgan fingerprint density at radius 2 is 1.14 bits per heavy atom. The van der Waals surface area contributed by atoms with Crippen LogP contribution >= 0.6 is 23.2 Å². The fourth-order valence-electron chi connectivity index (χ4n) is 2.43. The van der Waals surface area contributed by atoms with Crippen molar-refractivity contribution in [2.45, 2.75) is 0 Å². The minimum Gasteiger partial charge on any atom is -0.450 e. The maximum atomic E-state index is 6.07. The molecule has 0 aromatic heterocycles. The normalized spacial score (nSPS) is 11.9. The van der Waals surface area contributed by atoms with Crippen LogP contribution in [0, 0.1) is 0 Å². The number of benzene rings is 3. The third-order valence-corrected chi connectivity index (χ3v) is 3.87. The summed E-state index contributed by atoms with van der Waals surface area (Å²) in [4.78, 5) is 0. The lowest BCUT2D eigenvalue weighted by atomic mass is 10.0. The van der Waals surface area contributed by atoms with Gasteiger partial charge in [-0.05, 0) is 53.6 Å². The lowest BCUT2D eigenvalue weighted by Crippen LogP contribution is -1.98. The number of fused-ring (bicyclic) bond motifs is 2. The highest BCUT2D eigenvalue weighted by Gasteiger charge is 2.18. The maximum absolute atomic E-state index is 6.07. The second-order valence-electron chi connectivity index (χ2n) is 4.97. The Balaban J connectivity index is 1.77. The monoisotopic (exact) mass is 328 g/mol. The fourth-order valence-corrected chi connectivity index (χ4v) is 2.95. The Morgan fingerprint density at radius 3 is 1.82 bits per heavy atom. The van der Waals surface area contributed by atoms with E-state index in [2.05, 4.69) is 0 Å². The van der Waals surface area contributed by atoms with Crippen LogP contribution in [0.4, 0.5) is 0 Å². The van der Waals surface area contributed by atoms with E-state index in [-0.39, 0.29) is 0 Å². The number of hydrogen-bond acceptors (Lipinski definition) is 2. The predicted octanol–water partition coefficient (Wildman–Crippen LogP) is 6.56. The molecule has 2 nitrogen and oxygen atoms in total. The molecule has 1 aliphatic heterocycles. The molecule has 1 aliphatic rings. The van der Waals surface area contributed by atoms with Gasteiger partial charge in [-0.15, -0.1) is 0 Å². The van der Waals surface area contributed by atoms with E-state index in [4.69, 9.17) is 32.7 Å². The Morgan fingerprint density at radius 1 is 0.545 bits per heavy atom. The molecule has 0 N–H and O–H groups in total. The van der Waals surface area contributed by atoms with E-state index in [0.29, 0.717) is 33.0 Å². The summed E-state index contributed by atoms with van der Waals surface area (Å²) in [6.07, 6.45) is 0. The largest absolute Gasteiger partial charge is 0.450 e. The van der Waals surface area contributed by atoms with Crippen molar-refractivity contribution in [3.8, 4) is 34.1 Å². The molecule has 22 heavy (non-hydrogen) atoms. The topological polar surface area (TPSA) is 18.5 Å². The number of ether oxygens (including phenoxy) is 2. The van der Waals surface area contributed by atoms with E-state index in [9.17, 15) is 0 Å². The van der Waals surface area contributed by atoms with E-state index in [0.717, 1.165) is 11.1 Å². The molecule has 0 amide bonds. The van der Waals surface area contributed by atoms with Gasteiger partial charge in [0.1, 0.15) is 0 Å². The van der Waals surface area contributed by atoms with Gasteiger partial charge < -0.3 is 9.47 Å². The van der Waals surface area contributed by atoms with Gasteiger partial charge in [-0.1, -0.05) is 41.4 Å². The molecular formula is C18H10Cl2O2. The van der Waals surface area contributed by atoms with E-state index in [1.54, 1.807) is 6.07 Å². The molecule has 0 saturated heterocycles. The van der Waals surface area contributed by atoms with Gasteiger partial charge in [0, 0.05) is 10.0 Å². The molecule has 0 atom stereocenters. The molecule has 3 aromatic rings. The van der Waals surface area contributed by atoms with Crippen molar-refractivity contribution in [1.29, 1.82) is 0 Å². The molecule has 0 radical (unpaired) electrons. The Labute approximate surface area is 137 Å². The Kier molecular flexibility index (Phi) is 3.21. The minimum absolute atomic E-state index is 0.600. The zero-order chi connectivity index (χ0) is 15.1. The highest BCUT2D eigenvalue weighted by molar-refractivity contribution is 6.35. The van der Waals surface area contributed by atoms with Crippen molar-refractivity contribution in [3.05, 3.63) is 70.7 Å². The lowest BCUT2D eigenvalue weighted by molar-refractivity contribution is 0.360. The van der Waals surface area contributed by atoms with Gasteiger partial charge in [0.05, 0.1) is 0 Å². The molecule has 0 spiro atoms. The summed E-state index contributed by atoms with van der Waals surface area (Å²) in [6, 6.07) is 18.8. The summed E-state index contributed by atoms with van der Waals surface area (Å²) in [7, 11) is 0. The predicted molar refractivity (Wildman–Crippen MR) is 88.5 cm³/mol. The van der Waals surface area contributed by atoms with Crippen molar-refractivity contribution >= 4 is 23.2 Å². The second-order valence-corrected chi connectivity index (χ2v) is 5.84. The van der Waals surface area contributed by atoms with Crippen LogP contribution < -0.4 is 9.47 Å². The van der Waals surface area contributed by atoms with Gasteiger partial charge in [-0.2, -0.15) is 0 Å². The summed E-state index contributed by atoms with van der Waals surface area (Å²) in [6.45, 7) is 0. The number of halogens is 2. The molecule has 4 heteroatoms. The van der Waals surface area contributed by atoms with Crippen molar-refractivity contribution in [1.82, 2.24) is 0 Å². The van der Waals surface area contributed by atoms with Crippen LogP contribution in [0.1, 0.15) is 0 Å². The summed E-state index contributed by atoms with van der Waals surface area (Å²) in [5.74, 6) is 2.78. The SMILES string of the molecule is Clc1cc(Cl)cc(-c2ccc3c(c2)Oc2ccccc2O3)c1. The van der Waals surface area contributed by atoms with Crippen LogP contribution in [-0.2, 0) is 0 Å². The zero-order valence-corrected chi connectivity index (χ0v) is 12.9. The van der Waals surface area contributed by atoms with Gasteiger partial charge in [0.2, 0.25) is 0 Å². The minimum atomic E-state index is 0.600.